The number of hydrogen-bond donors (Lipinski definition) is 0. The fourth-order valence-corrected chi connectivity index (χ4v) is 2.42. The van der Waals surface area contributed by atoms with Crippen LogP contribution in [0.25, 0.3) is 0 Å². The van der Waals surface area contributed by atoms with Crippen LogP contribution in [-0.4, -0.2) is 11.6 Å². The topological polar surface area (TPSA) is 34.1 Å². The quantitative estimate of drug-likeness (QED) is 0.407. The second-order valence-corrected chi connectivity index (χ2v) is 6.87. The highest BCUT2D eigenvalue weighted by Gasteiger charge is 2.25. The molecule has 0 amide bonds. The van der Waals surface area contributed by atoms with Gasteiger partial charge in [-0.05, 0) is 49.2 Å². The van der Waals surface area contributed by atoms with Crippen LogP contribution in [-0.2, 0) is 9.59 Å². The van der Waals surface area contributed by atoms with E-state index in [1.54, 1.807) is 6.08 Å². The van der Waals surface area contributed by atoms with Crippen molar-refractivity contribution in [3.63, 3.8) is 0 Å². The lowest BCUT2D eigenvalue weighted by Crippen LogP contribution is -2.19. The molecule has 2 heteroatoms. The maximum atomic E-state index is 11.7. The van der Waals surface area contributed by atoms with Crippen LogP contribution in [0.15, 0.2) is 36.5 Å². The van der Waals surface area contributed by atoms with Gasteiger partial charge in [0.1, 0.15) is 0 Å². The van der Waals surface area contributed by atoms with Gasteiger partial charge in [0.2, 0.25) is 0 Å². The first-order valence-electron chi connectivity index (χ1n) is 8.88. The molecule has 0 N–H and O–H groups in total. The van der Waals surface area contributed by atoms with Gasteiger partial charge >= 0.3 is 0 Å². The number of allylic oxidation sites excluding steroid dienone is 5. The second kappa shape index (κ2) is 12.0. The van der Waals surface area contributed by atoms with Crippen molar-refractivity contribution in [2.45, 2.75) is 79.1 Å². The number of unbranched alkanes of at least 4 members (excludes halogenated alkanes) is 1. The summed E-state index contributed by atoms with van der Waals surface area (Å²) >= 11 is 0. The van der Waals surface area contributed by atoms with Gasteiger partial charge in [-0.15, -0.1) is 6.58 Å². The Balaban J connectivity index is 0.000000468. The van der Waals surface area contributed by atoms with Gasteiger partial charge in [-0.1, -0.05) is 52.3 Å². The van der Waals surface area contributed by atoms with Gasteiger partial charge in [-0.25, -0.2) is 0 Å². The van der Waals surface area contributed by atoms with Crippen molar-refractivity contribution < 1.29 is 9.59 Å². The van der Waals surface area contributed by atoms with Crippen molar-refractivity contribution in [2.24, 2.45) is 5.41 Å². The molecule has 23 heavy (non-hydrogen) atoms. The second-order valence-electron chi connectivity index (χ2n) is 6.87. The third-order valence-electron chi connectivity index (χ3n) is 3.92. The zero-order valence-corrected chi connectivity index (χ0v) is 15.5. The summed E-state index contributed by atoms with van der Waals surface area (Å²) in [6.07, 6.45) is 14.9. The molecule has 0 atom stereocenters. The highest BCUT2D eigenvalue weighted by molar-refractivity contribution is 5.95. The standard InChI is InChI=1S/C13H20O.C8H14O/c1-4-5-8-12(14)11-7-6-9-13(2,3)10-11;1-3-5-6-7-8(9)4-2/h4,7H,1,5-6,8-10H2,2-3H3;6-7H,3-5H2,1-2H3. The average molecular weight is 319 g/mol. The largest absolute Gasteiger partial charge is 0.295 e. The van der Waals surface area contributed by atoms with Crippen molar-refractivity contribution in [1.29, 1.82) is 0 Å². The van der Waals surface area contributed by atoms with Crippen molar-refractivity contribution in [1.82, 2.24) is 0 Å². The zero-order chi connectivity index (χ0) is 17.7. The Morgan fingerprint density at radius 2 is 1.96 bits per heavy atom. The van der Waals surface area contributed by atoms with Crippen LogP contribution < -0.4 is 0 Å². The van der Waals surface area contributed by atoms with Crippen molar-refractivity contribution >= 4 is 11.6 Å². The highest BCUT2D eigenvalue weighted by atomic mass is 16.1. The van der Waals surface area contributed by atoms with Crippen LogP contribution in [0.4, 0.5) is 0 Å². The summed E-state index contributed by atoms with van der Waals surface area (Å²) in [7, 11) is 0. The molecule has 0 saturated heterocycles. The van der Waals surface area contributed by atoms with Gasteiger partial charge < -0.3 is 0 Å². The van der Waals surface area contributed by atoms with Gasteiger partial charge in [-0.3, -0.25) is 9.59 Å². The Morgan fingerprint density at radius 1 is 1.26 bits per heavy atom. The van der Waals surface area contributed by atoms with Gasteiger partial charge in [0.15, 0.2) is 11.6 Å². The van der Waals surface area contributed by atoms with Crippen LogP contribution >= 0.6 is 0 Å². The fourth-order valence-electron chi connectivity index (χ4n) is 2.42. The third-order valence-corrected chi connectivity index (χ3v) is 3.92. The number of hydrogen-bond acceptors (Lipinski definition) is 2. The van der Waals surface area contributed by atoms with Crippen LogP contribution in [0.3, 0.4) is 0 Å². The van der Waals surface area contributed by atoms with E-state index in [-0.39, 0.29) is 5.78 Å². The minimum Gasteiger partial charge on any atom is -0.295 e. The van der Waals surface area contributed by atoms with E-state index in [1.807, 2.05) is 19.1 Å². The Bertz CT molecular complexity index is 439. The van der Waals surface area contributed by atoms with Gasteiger partial charge in [0.05, 0.1) is 0 Å². The molecule has 0 spiro atoms. The Labute approximate surface area is 142 Å². The summed E-state index contributed by atoms with van der Waals surface area (Å²) in [5.41, 5.74) is 1.36. The van der Waals surface area contributed by atoms with Crippen LogP contribution in [0.1, 0.15) is 79.1 Å². The van der Waals surface area contributed by atoms with E-state index in [2.05, 4.69) is 33.4 Å². The SMILES string of the molecule is C=CCCC(=O)C1=CCCC(C)(C)C1.CCCC=CC(=O)CC. The summed E-state index contributed by atoms with van der Waals surface area (Å²) in [4.78, 5) is 22.3. The summed E-state index contributed by atoms with van der Waals surface area (Å²) in [5, 5.41) is 0. The molecule has 0 aromatic heterocycles. The monoisotopic (exact) mass is 318 g/mol. The first-order valence-corrected chi connectivity index (χ1v) is 8.88. The predicted molar refractivity (Wildman–Crippen MR) is 99.5 cm³/mol. The maximum Gasteiger partial charge on any atom is 0.158 e. The first-order chi connectivity index (χ1) is 10.9. The molecule has 0 aromatic carbocycles. The summed E-state index contributed by atoms with van der Waals surface area (Å²) in [5.74, 6) is 0.543. The predicted octanol–water partition coefficient (Wildman–Crippen LogP) is 5.98. The van der Waals surface area contributed by atoms with Gasteiger partial charge in [0, 0.05) is 12.8 Å². The van der Waals surface area contributed by atoms with Crippen LogP contribution in [0, 0.1) is 5.41 Å². The van der Waals surface area contributed by atoms with E-state index in [9.17, 15) is 9.59 Å². The molecule has 1 aliphatic rings. The summed E-state index contributed by atoms with van der Waals surface area (Å²) in [6.45, 7) is 12.1. The van der Waals surface area contributed by atoms with E-state index >= 15 is 0 Å². The molecule has 0 bridgehead atoms. The van der Waals surface area contributed by atoms with Gasteiger partial charge in [-0.2, -0.15) is 0 Å². The molecule has 2 nitrogen and oxygen atoms in total. The van der Waals surface area contributed by atoms with E-state index in [0.717, 1.165) is 37.7 Å². The van der Waals surface area contributed by atoms with Crippen molar-refractivity contribution in [2.75, 3.05) is 0 Å². The molecule has 0 heterocycles. The number of rotatable bonds is 8. The van der Waals surface area contributed by atoms with Crippen LogP contribution in [0.2, 0.25) is 0 Å². The fraction of sp³-hybridized carbons (Fsp3) is 0.619. The van der Waals surface area contributed by atoms with Crippen molar-refractivity contribution in [3.05, 3.63) is 36.5 Å². The van der Waals surface area contributed by atoms with E-state index in [4.69, 9.17) is 0 Å². The minimum atomic E-state index is 0.225. The Morgan fingerprint density at radius 3 is 2.48 bits per heavy atom. The van der Waals surface area contributed by atoms with E-state index in [0.29, 0.717) is 24.0 Å². The molecular weight excluding hydrogens is 284 g/mol. The number of ketones is 2. The highest BCUT2D eigenvalue weighted by Crippen LogP contribution is 2.35. The third kappa shape index (κ3) is 10.8. The lowest BCUT2D eigenvalue weighted by atomic mass is 9.76. The van der Waals surface area contributed by atoms with Crippen LogP contribution in [0.5, 0.6) is 0 Å². The molecule has 1 aliphatic carbocycles. The van der Waals surface area contributed by atoms with E-state index < -0.39 is 0 Å². The lowest BCUT2D eigenvalue weighted by molar-refractivity contribution is -0.116. The number of carbonyl (C=O) groups is 2. The number of carbonyl (C=O) groups excluding carboxylic acids is 2. The molecular formula is C21H34O2. The van der Waals surface area contributed by atoms with Crippen molar-refractivity contribution in [3.8, 4) is 0 Å². The summed E-state index contributed by atoms with van der Waals surface area (Å²) < 4.78 is 0. The lowest BCUT2D eigenvalue weighted by Gasteiger charge is -2.29. The summed E-state index contributed by atoms with van der Waals surface area (Å²) in [6, 6.07) is 0. The molecule has 0 aliphatic heterocycles. The Hall–Kier alpha value is -1.44. The maximum absolute atomic E-state index is 11.7. The zero-order valence-electron chi connectivity index (χ0n) is 15.5. The first kappa shape index (κ1) is 21.6. The molecule has 130 valence electrons. The smallest absolute Gasteiger partial charge is 0.158 e. The molecule has 0 aromatic rings. The van der Waals surface area contributed by atoms with E-state index in [1.165, 1.54) is 6.42 Å². The average Bonchev–Trinajstić information content (AvgIpc) is 2.52. The Kier molecular flexibility index (Phi) is 11.3. The number of Topliss-reactive ketones (excluding diaryl/α,β-unsaturated/α-hetero) is 1. The molecule has 1 rings (SSSR count). The molecule has 0 saturated carbocycles. The molecule has 0 fully saturated rings. The molecule has 0 radical (unpaired) electrons. The minimum absolute atomic E-state index is 0.225. The normalized spacial score (nSPS) is 16.3. The van der Waals surface area contributed by atoms with Gasteiger partial charge in [0.25, 0.3) is 0 Å². The molecule has 0 unspecified atom stereocenters.